The molecule has 4 heteroatoms. The summed E-state index contributed by atoms with van der Waals surface area (Å²) < 4.78 is 0. The van der Waals surface area contributed by atoms with E-state index in [0.29, 0.717) is 6.54 Å². The molecule has 21 heavy (non-hydrogen) atoms. The Morgan fingerprint density at radius 1 is 1.29 bits per heavy atom. The van der Waals surface area contributed by atoms with Crippen molar-refractivity contribution in [3.05, 3.63) is 35.4 Å². The van der Waals surface area contributed by atoms with Crippen LogP contribution in [0, 0.1) is 0 Å². The SMILES string of the molecule is CCN(CCO)Cc1cccc(C(=O)N2CCCCC2)c1. The van der Waals surface area contributed by atoms with E-state index in [1.165, 1.54) is 6.42 Å². The molecule has 1 saturated heterocycles. The van der Waals surface area contributed by atoms with Gasteiger partial charge in [-0.2, -0.15) is 0 Å². The lowest BCUT2D eigenvalue weighted by Gasteiger charge is -2.27. The lowest BCUT2D eigenvalue weighted by molar-refractivity contribution is 0.0724. The second-order valence-electron chi connectivity index (χ2n) is 5.65. The van der Waals surface area contributed by atoms with Crippen LogP contribution < -0.4 is 0 Å². The molecular weight excluding hydrogens is 264 g/mol. The number of likely N-dealkylation sites (N-methyl/N-ethyl adjacent to an activating group) is 1. The summed E-state index contributed by atoms with van der Waals surface area (Å²) in [6.07, 6.45) is 3.47. The van der Waals surface area contributed by atoms with Crippen molar-refractivity contribution in [1.82, 2.24) is 9.80 Å². The van der Waals surface area contributed by atoms with Crippen LogP contribution in [0.5, 0.6) is 0 Å². The molecule has 0 radical (unpaired) electrons. The molecule has 1 N–H and O–H groups in total. The lowest BCUT2D eigenvalue weighted by atomic mass is 10.1. The van der Waals surface area contributed by atoms with Gasteiger partial charge < -0.3 is 10.0 Å². The highest BCUT2D eigenvalue weighted by atomic mass is 16.3. The van der Waals surface area contributed by atoms with Gasteiger partial charge in [0.1, 0.15) is 0 Å². The average molecular weight is 290 g/mol. The van der Waals surface area contributed by atoms with Crippen molar-refractivity contribution >= 4 is 5.91 Å². The van der Waals surface area contributed by atoms with Crippen molar-refractivity contribution in [1.29, 1.82) is 0 Å². The zero-order chi connectivity index (χ0) is 15.1. The predicted molar refractivity (Wildman–Crippen MR) is 84.2 cm³/mol. The molecular formula is C17H26N2O2. The second-order valence-corrected chi connectivity index (χ2v) is 5.65. The fourth-order valence-corrected chi connectivity index (χ4v) is 2.83. The third-order valence-corrected chi connectivity index (χ3v) is 4.09. The van der Waals surface area contributed by atoms with E-state index < -0.39 is 0 Å². The lowest BCUT2D eigenvalue weighted by Crippen LogP contribution is -2.35. The van der Waals surface area contributed by atoms with E-state index in [-0.39, 0.29) is 12.5 Å². The van der Waals surface area contributed by atoms with Crippen molar-refractivity contribution < 1.29 is 9.90 Å². The van der Waals surface area contributed by atoms with E-state index in [0.717, 1.165) is 50.1 Å². The molecule has 0 unspecified atom stereocenters. The minimum Gasteiger partial charge on any atom is -0.395 e. The number of benzene rings is 1. The Morgan fingerprint density at radius 3 is 2.71 bits per heavy atom. The molecule has 0 aliphatic carbocycles. The monoisotopic (exact) mass is 290 g/mol. The molecule has 4 nitrogen and oxygen atoms in total. The number of rotatable bonds is 6. The van der Waals surface area contributed by atoms with Crippen molar-refractivity contribution in [3.63, 3.8) is 0 Å². The van der Waals surface area contributed by atoms with Crippen LogP contribution in [-0.4, -0.2) is 53.6 Å². The molecule has 1 amide bonds. The van der Waals surface area contributed by atoms with Gasteiger partial charge in [0, 0.05) is 31.7 Å². The van der Waals surface area contributed by atoms with Crippen molar-refractivity contribution in [2.75, 3.05) is 32.8 Å². The van der Waals surface area contributed by atoms with E-state index in [1.54, 1.807) is 0 Å². The molecule has 0 spiro atoms. The number of nitrogens with zero attached hydrogens (tertiary/aromatic N) is 2. The second kappa shape index (κ2) is 8.15. The third kappa shape index (κ3) is 4.55. The van der Waals surface area contributed by atoms with Crippen molar-refractivity contribution in [3.8, 4) is 0 Å². The highest BCUT2D eigenvalue weighted by Gasteiger charge is 2.18. The normalized spacial score (nSPS) is 15.5. The largest absolute Gasteiger partial charge is 0.395 e. The van der Waals surface area contributed by atoms with Crippen LogP contribution in [0.15, 0.2) is 24.3 Å². The van der Waals surface area contributed by atoms with Gasteiger partial charge in [-0.05, 0) is 43.5 Å². The summed E-state index contributed by atoms with van der Waals surface area (Å²) in [6.45, 7) is 6.35. The zero-order valence-corrected chi connectivity index (χ0v) is 12.9. The molecule has 2 rings (SSSR count). The highest BCUT2D eigenvalue weighted by Crippen LogP contribution is 2.15. The summed E-state index contributed by atoms with van der Waals surface area (Å²) in [5.74, 6) is 0.154. The standard InChI is InChI=1S/C17H26N2O2/c1-2-18(11-12-20)14-15-7-6-8-16(13-15)17(21)19-9-4-3-5-10-19/h6-8,13,20H,2-5,9-12,14H2,1H3. The Hall–Kier alpha value is -1.39. The Balaban J connectivity index is 2.04. The van der Waals surface area contributed by atoms with E-state index in [4.69, 9.17) is 5.11 Å². The highest BCUT2D eigenvalue weighted by molar-refractivity contribution is 5.94. The number of likely N-dealkylation sites (tertiary alicyclic amines) is 1. The quantitative estimate of drug-likeness (QED) is 0.873. The van der Waals surface area contributed by atoms with Gasteiger partial charge >= 0.3 is 0 Å². The average Bonchev–Trinajstić information content (AvgIpc) is 2.55. The molecule has 1 fully saturated rings. The van der Waals surface area contributed by atoms with Crippen LogP contribution in [0.4, 0.5) is 0 Å². The van der Waals surface area contributed by atoms with Gasteiger partial charge in [0.15, 0.2) is 0 Å². The maximum atomic E-state index is 12.5. The van der Waals surface area contributed by atoms with Gasteiger partial charge in [-0.3, -0.25) is 9.69 Å². The Morgan fingerprint density at radius 2 is 2.05 bits per heavy atom. The number of hydrogen-bond donors (Lipinski definition) is 1. The topological polar surface area (TPSA) is 43.8 Å². The molecule has 0 bridgehead atoms. The first-order chi connectivity index (χ1) is 10.2. The first kappa shape index (κ1) is 16.0. The summed E-state index contributed by atoms with van der Waals surface area (Å²) in [4.78, 5) is 16.6. The summed E-state index contributed by atoms with van der Waals surface area (Å²) in [6, 6.07) is 7.91. The fourth-order valence-electron chi connectivity index (χ4n) is 2.83. The van der Waals surface area contributed by atoms with Crippen LogP contribution in [0.25, 0.3) is 0 Å². The first-order valence-electron chi connectivity index (χ1n) is 7.96. The minimum atomic E-state index is 0.154. The zero-order valence-electron chi connectivity index (χ0n) is 12.9. The fraction of sp³-hybridized carbons (Fsp3) is 0.588. The van der Waals surface area contributed by atoms with Gasteiger partial charge in [0.25, 0.3) is 5.91 Å². The minimum absolute atomic E-state index is 0.154. The smallest absolute Gasteiger partial charge is 0.253 e. The predicted octanol–water partition coefficient (Wildman–Crippen LogP) is 2.13. The van der Waals surface area contributed by atoms with Crippen molar-refractivity contribution in [2.24, 2.45) is 0 Å². The van der Waals surface area contributed by atoms with Gasteiger partial charge in [-0.15, -0.1) is 0 Å². The van der Waals surface area contributed by atoms with Crippen LogP contribution >= 0.6 is 0 Å². The number of hydrogen-bond acceptors (Lipinski definition) is 3. The molecule has 1 aliphatic heterocycles. The summed E-state index contributed by atoms with van der Waals surface area (Å²) in [7, 11) is 0. The van der Waals surface area contributed by atoms with Gasteiger partial charge in [-0.1, -0.05) is 19.1 Å². The number of aliphatic hydroxyl groups is 1. The van der Waals surface area contributed by atoms with E-state index >= 15 is 0 Å². The molecule has 1 aromatic carbocycles. The third-order valence-electron chi connectivity index (χ3n) is 4.09. The molecule has 0 atom stereocenters. The number of carbonyl (C=O) groups is 1. The summed E-state index contributed by atoms with van der Waals surface area (Å²) >= 11 is 0. The molecule has 0 saturated carbocycles. The van der Waals surface area contributed by atoms with Crippen LogP contribution in [0.3, 0.4) is 0 Å². The Kier molecular flexibility index (Phi) is 6.21. The number of amides is 1. The molecule has 116 valence electrons. The molecule has 1 aromatic rings. The molecule has 1 aliphatic rings. The Bertz CT molecular complexity index is 456. The van der Waals surface area contributed by atoms with Gasteiger partial charge in [0.05, 0.1) is 6.61 Å². The van der Waals surface area contributed by atoms with Crippen LogP contribution in [-0.2, 0) is 6.54 Å². The number of piperidine rings is 1. The maximum absolute atomic E-state index is 12.5. The van der Waals surface area contributed by atoms with Gasteiger partial charge in [-0.25, -0.2) is 0 Å². The molecule has 0 aromatic heterocycles. The van der Waals surface area contributed by atoms with Crippen LogP contribution in [0.1, 0.15) is 42.1 Å². The summed E-state index contributed by atoms with van der Waals surface area (Å²) in [5, 5.41) is 9.06. The summed E-state index contributed by atoms with van der Waals surface area (Å²) in [5.41, 5.74) is 1.92. The number of aliphatic hydroxyl groups excluding tert-OH is 1. The van der Waals surface area contributed by atoms with Crippen LogP contribution in [0.2, 0.25) is 0 Å². The van der Waals surface area contributed by atoms with Crippen molar-refractivity contribution in [2.45, 2.75) is 32.7 Å². The number of carbonyl (C=O) groups excluding carboxylic acids is 1. The van der Waals surface area contributed by atoms with E-state index in [9.17, 15) is 4.79 Å². The molecule has 1 heterocycles. The Labute approximate surface area is 127 Å². The van der Waals surface area contributed by atoms with Gasteiger partial charge in [0.2, 0.25) is 0 Å². The maximum Gasteiger partial charge on any atom is 0.253 e. The first-order valence-corrected chi connectivity index (χ1v) is 7.96. The van der Waals surface area contributed by atoms with E-state index in [2.05, 4.69) is 11.8 Å². The van der Waals surface area contributed by atoms with E-state index in [1.807, 2.05) is 29.2 Å².